The van der Waals surface area contributed by atoms with E-state index in [0.717, 1.165) is 0 Å². The highest BCUT2D eigenvalue weighted by Gasteiger charge is 2.15. The lowest BCUT2D eigenvalue weighted by Crippen LogP contribution is -2.05. The molecule has 0 spiro atoms. The predicted molar refractivity (Wildman–Crippen MR) is 64.4 cm³/mol. The van der Waals surface area contributed by atoms with Crippen molar-refractivity contribution < 1.29 is 12.8 Å². The number of fused-ring (bicyclic) bond motifs is 1. The third-order valence-electron chi connectivity index (χ3n) is 2.44. The van der Waals surface area contributed by atoms with Crippen molar-refractivity contribution in [2.75, 3.05) is 5.75 Å². The predicted octanol–water partition coefficient (Wildman–Crippen LogP) is 3.02. The minimum atomic E-state index is -3.07. The Kier molecular flexibility index (Phi) is 2.95. The lowest BCUT2D eigenvalue weighted by atomic mass is 10.2. The van der Waals surface area contributed by atoms with Crippen LogP contribution in [0.15, 0.2) is 28.9 Å². The molecular weight excluding hydrogens is 248 g/mol. The Hall–Kier alpha value is -1.00. The number of halogens is 1. The Bertz CT molecular complexity index is 613. The minimum Gasteiger partial charge on any atom is -0.464 e. The maximum Gasteiger partial charge on any atom is 0.154 e. The summed E-state index contributed by atoms with van der Waals surface area (Å²) in [6.45, 7) is 1.62. The maximum absolute atomic E-state index is 11.5. The van der Waals surface area contributed by atoms with Gasteiger partial charge in [-0.05, 0) is 12.1 Å². The highest BCUT2D eigenvalue weighted by atomic mass is 35.5. The van der Waals surface area contributed by atoms with Gasteiger partial charge in [-0.3, -0.25) is 0 Å². The molecule has 1 heterocycles. The van der Waals surface area contributed by atoms with Crippen LogP contribution < -0.4 is 0 Å². The first-order valence-electron chi connectivity index (χ1n) is 4.88. The highest BCUT2D eigenvalue weighted by Crippen LogP contribution is 2.29. The van der Waals surface area contributed by atoms with Crippen molar-refractivity contribution in [3.05, 3.63) is 35.0 Å². The summed E-state index contributed by atoms with van der Waals surface area (Å²) in [4.78, 5) is 0. The van der Waals surface area contributed by atoms with Crippen LogP contribution in [0, 0.1) is 0 Å². The van der Waals surface area contributed by atoms with Crippen molar-refractivity contribution in [3.8, 4) is 0 Å². The molecule has 0 unspecified atom stereocenters. The molecule has 1 aromatic carbocycles. The molecule has 0 saturated heterocycles. The third-order valence-corrected chi connectivity index (χ3v) is 4.39. The fraction of sp³-hybridized carbons (Fsp3) is 0.273. The number of hydrogen-bond donors (Lipinski definition) is 0. The second-order valence-corrected chi connectivity index (χ2v) is 6.31. The second-order valence-electron chi connectivity index (χ2n) is 3.55. The van der Waals surface area contributed by atoms with Crippen molar-refractivity contribution >= 4 is 32.4 Å². The highest BCUT2D eigenvalue weighted by molar-refractivity contribution is 7.90. The lowest BCUT2D eigenvalue weighted by Gasteiger charge is -1.99. The van der Waals surface area contributed by atoms with Crippen molar-refractivity contribution in [1.82, 2.24) is 0 Å². The summed E-state index contributed by atoms with van der Waals surface area (Å²) in [6, 6.07) is 5.26. The van der Waals surface area contributed by atoms with Crippen LogP contribution in [0.4, 0.5) is 0 Å². The van der Waals surface area contributed by atoms with Crippen LogP contribution in [0.2, 0.25) is 5.02 Å². The molecule has 0 atom stereocenters. The first kappa shape index (κ1) is 11.5. The topological polar surface area (TPSA) is 47.3 Å². The molecule has 0 fully saturated rings. The Morgan fingerprint density at radius 2 is 2.12 bits per heavy atom. The van der Waals surface area contributed by atoms with Gasteiger partial charge in [0.25, 0.3) is 0 Å². The molecule has 0 aliphatic carbocycles. The van der Waals surface area contributed by atoms with E-state index in [9.17, 15) is 8.42 Å². The summed E-state index contributed by atoms with van der Waals surface area (Å²) in [7, 11) is -3.07. The van der Waals surface area contributed by atoms with Gasteiger partial charge in [0.1, 0.15) is 5.58 Å². The lowest BCUT2D eigenvalue weighted by molar-refractivity contribution is 0.592. The van der Waals surface area contributed by atoms with Gasteiger partial charge in [-0.25, -0.2) is 8.42 Å². The summed E-state index contributed by atoms with van der Waals surface area (Å²) in [5, 5.41) is 1.22. The molecule has 86 valence electrons. The van der Waals surface area contributed by atoms with E-state index in [1.165, 1.54) is 6.26 Å². The van der Waals surface area contributed by atoms with Crippen LogP contribution in [-0.4, -0.2) is 14.2 Å². The van der Waals surface area contributed by atoms with Gasteiger partial charge in [-0.2, -0.15) is 0 Å². The van der Waals surface area contributed by atoms with E-state index < -0.39 is 9.84 Å². The van der Waals surface area contributed by atoms with Gasteiger partial charge in [0.2, 0.25) is 0 Å². The quantitative estimate of drug-likeness (QED) is 0.850. The van der Waals surface area contributed by atoms with Crippen LogP contribution in [0.5, 0.6) is 0 Å². The first-order valence-corrected chi connectivity index (χ1v) is 7.08. The molecule has 16 heavy (non-hydrogen) atoms. The minimum absolute atomic E-state index is 0.0275. The van der Waals surface area contributed by atoms with E-state index in [1.54, 1.807) is 25.1 Å². The molecule has 0 N–H and O–H groups in total. The molecule has 0 amide bonds. The summed E-state index contributed by atoms with van der Waals surface area (Å²) in [5.41, 5.74) is 1.25. The van der Waals surface area contributed by atoms with Gasteiger partial charge >= 0.3 is 0 Å². The largest absolute Gasteiger partial charge is 0.464 e. The normalized spacial score (nSPS) is 12.1. The van der Waals surface area contributed by atoms with E-state index >= 15 is 0 Å². The van der Waals surface area contributed by atoms with Crippen molar-refractivity contribution in [2.45, 2.75) is 12.7 Å². The summed E-state index contributed by atoms with van der Waals surface area (Å²) < 4.78 is 28.3. The monoisotopic (exact) mass is 258 g/mol. The molecule has 5 heteroatoms. The summed E-state index contributed by atoms with van der Waals surface area (Å²) >= 11 is 6.02. The van der Waals surface area contributed by atoms with E-state index in [1.807, 2.05) is 0 Å². The van der Waals surface area contributed by atoms with Crippen LogP contribution in [0.1, 0.15) is 12.5 Å². The van der Waals surface area contributed by atoms with Crippen LogP contribution in [0.25, 0.3) is 11.0 Å². The number of rotatable bonds is 3. The molecule has 2 aromatic rings. The zero-order valence-electron chi connectivity index (χ0n) is 8.73. The number of hydrogen-bond acceptors (Lipinski definition) is 3. The molecule has 0 bridgehead atoms. The third kappa shape index (κ3) is 2.08. The zero-order valence-corrected chi connectivity index (χ0v) is 10.3. The van der Waals surface area contributed by atoms with Crippen LogP contribution >= 0.6 is 11.6 Å². The van der Waals surface area contributed by atoms with Gasteiger partial charge in [0.15, 0.2) is 9.84 Å². The Labute approximate surface area is 98.9 Å². The van der Waals surface area contributed by atoms with E-state index in [2.05, 4.69) is 0 Å². The molecular formula is C11H11ClO3S. The molecule has 0 saturated carbocycles. The molecule has 0 radical (unpaired) electrons. The average Bonchev–Trinajstić information content (AvgIpc) is 2.62. The van der Waals surface area contributed by atoms with Crippen LogP contribution in [-0.2, 0) is 15.6 Å². The smallest absolute Gasteiger partial charge is 0.154 e. The summed E-state index contributed by atoms with van der Waals surface area (Å²) in [5.74, 6) is 0.0877. The van der Waals surface area contributed by atoms with Gasteiger partial charge in [0, 0.05) is 16.7 Å². The van der Waals surface area contributed by atoms with Crippen molar-refractivity contribution in [1.29, 1.82) is 0 Å². The number of furan rings is 1. The SMILES string of the molecule is CCS(=O)(=O)Cc1coc2cccc(Cl)c12. The van der Waals surface area contributed by atoms with Gasteiger partial charge in [-0.1, -0.05) is 24.6 Å². The standard InChI is InChI=1S/C11H11ClO3S/c1-2-16(13,14)7-8-6-15-10-5-3-4-9(12)11(8)10/h3-6H,2,7H2,1H3. The van der Waals surface area contributed by atoms with E-state index in [-0.39, 0.29) is 11.5 Å². The molecule has 3 nitrogen and oxygen atoms in total. The summed E-state index contributed by atoms with van der Waals surface area (Å²) in [6.07, 6.45) is 1.46. The number of benzene rings is 1. The Balaban J connectivity index is 2.54. The van der Waals surface area contributed by atoms with E-state index in [4.69, 9.17) is 16.0 Å². The Morgan fingerprint density at radius 1 is 1.38 bits per heavy atom. The average molecular weight is 259 g/mol. The van der Waals surface area contributed by atoms with Crippen LogP contribution in [0.3, 0.4) is 0 Å². The van der Waals surface area contributed by atoms with E-state index in [0.29, 0.717) is 21.6 Å². The second kappa shape index (κ2) is 4.11. The molecule has 2 rings (SSSR count). The zero-order chi connectivity index (χ0) is 11.8. The number of sulfone groups is 1. The maximum atomic E-state index is 11.5. The van der Waals surface area contributed by atoms with Crippen molar-refractivity contribution in [2.24, 2.45) is 0 Å². The van der Waals surface area contributed by atoms with Gasteiger partial charge in [0.05, 0.1) is 17.0 Å². The molecule has 1 aromatic heterocycles. The molecule has 0 aliphatic heterocycles. The van der Waals surface area contributed by atoms with Crippen molar-refractivity contribution in [3.63, 3.8) is 0 Å². The van der Waals surface area contributed by atoms with Gasteiger partial charge in [-0.15, -0.1) is 0 Å². The fourth-order valence-corrected chi connectivity index (χ4v) is 2.73. The van der Waals surface area contributed by atoms with Gasteiger partial charge < -0.3 is 4.42 Å². The first-order chi connectivity index (χ1) is 7.53. The Morgan fingerprint density at radius 3 is 2.81 bits per heavy atom. The molecule has 0 aliphatic rings. The fourth-order valence-electron chi connectivity index (χ4n) is 1.55.